The van der Waals surface area contributed by atoms with E-state index in [4.69, 9.17) is 4.74 Å². The van der Waals surface area contributed by atoms with Gasteiger partial charge in [-0.2, -0.15) is 17.5 Å². The van der Waals surface area contributed by atoms with Gasteiger partial charge in [0.1, 0.15) is 11.6 Å². The number of nitrogens with zero attached hydrogens (tertiary/aromatic N) is 4. The number of hydrogen-bond donors (Lipinski definition) is 2. The summed E-state index contributed by atoms with van der Waals surface area (Å²) >= 11 is 4.20. The SMILES string of the molecule is Cl.Cl.Cl.FC(F)(F)c1ccccc1Oc1cc(Sc2ccnc3ccsc23)cnc1Nc1nc(C2CCNCC2)ns1. The van der Waals surface area contributed by atoms with Gasteiger partial charge >= 0.3 is 6.18 Å². The van der Waals surface area contributed by atoms with E-state index in [0.717, 1.165) is 52.9 Å². The van der Waals surface area contributed by atoms with Gasteiger partial charge in [0.15, 0.2) is 11.6 Å². The molecule has 6 rings (SSSR count). The van der Waals surface area contributed by atoms with E-state index >= 15 is 0 Å². The number of fused-ring (bicyclic) bond motifs is 1. The Morgan fingerprint density at radius 2 is 1.79 bits per heavy atom. The van der Waals surface area contributed by atoms with E-state index in [2.05, 4.69) is 30.0 Å². The summed E-state index contributed by atoms with van der Waals surface area (Å²) in [5.74, 6) is 1.12. The van der Waals surface area contributed by atoms with Gasteiger partial charge in [-0.25, -0.2) is 9.97 Å². The molecule has 7 nitrogen and oxygen atoms in total. The van der Waals surface area contributed by atoms with Gasteiger partial charge in [0.25, 0.3) is 0 Å². The van der Waals surface area contributed by atoms with Crippen LogP contribution >= 0.6 is 71.9 Å². The second kappa shape index (κ2) is 14.9. The number of anilines is 2. The summed E-state index contributed by atoms with van der Waals surface area (Å²) in [4.78, 5) is 15.2. The average molecular weight is 696 g/mol. The lowest BCUT2D eigenvalue weighted by molar-refractivity contribution is -0.138. The Morgan fingerprint density at radius 1 is 1.00 bits per heavy atom. The number of nitrogens with one attached hydrogen (secondary N) is 2. The number of hydrogen-bond acceptors (Lipinski definition) is 10. The zero-order valence-corrected chi connectivity index (χ0v) is 26.4. The fourth-order valence-electron chi connectivity index (χ4n) is 4.25. The van der Waals surface area contributed by atoms with Crippen LogP contribution in [0.2, 0.25) is 0 Å². The van der Waals surface area contributed by atoms with E-state index in [9.17, 15) is 13.2 Å². The van der Waals surface area contributed by atoms with Crippen LogP contribution in [0, 0.1) is 0 Å². The van der Waals surface area contributed by atoms with Crippen LogP contribution in [-0.4, -0.2) is 32.4 Å². The predicted molar refractivity (Wildman–Crippen MR) is 169 cm³/mol. The number of rotatable bonds is 7. The topological polar surface area (TPSA) is 84.9 Å². The highest BCUT2D eigenvalue weighted by Gasteiger charge is 2.34. The Balaban J connectivity index is 0.00000161. The van der Waals surface area contributed by atoms with E-state index in [0.29, 0.717) is 10.0 Å². The molecule has 0 amide bonds. The van der Waals surface area contributed by atoms with Crippen LogP contribution in [0.1, 0.15) is 30.1 Å². The van der Waals surface area contributed by atoms with Crippen molar-refractivity contribution in [2.45, 2.75) is 34.7 Å². The molecule has 0 unspecified atom stereocenters. The van der Waals surface area contributed by atoms with Crippen molar-refractivity contribution in [1.82, 2.24) is 24.6 Å². The van der Waals surface area contributed by atoms with Crippen molar-refractivity contribution < 1.29 is 17.9 Å². The molecule has 16 heteroatoms. The summed E-state index contributed by atoms with van der Waals surface area (Å²) in [6, 6.07) is 10.7. The molecule has 5 heterocycles. The monoisotopic (exact) mass is 694 g/mol. The quantitative estimate of drug-likeness (QED) is 0.175. The second-order valence-corrected chi connectivity index (χ2v) is 11.6. The summed E-state index contributed by atoms with van der Waals surface area (Å²) in [7, 11) is 0. The molecule has 1 fully saturated rings. The van der Waals surface area contributed by atoms with Crippen LogP contribution in [0.25, 0.3) is 10.2 Å². The van der Waals surface area contributed by atoms with Crippen molar-refractivity contribution in [3.05, 3.63) is 71.6 Å². The van der Waals surface area contributed by atoms with Gasteiger partial charge in [-0.1, -0.05) is 23.9 Å². The van der Waals surface area contributed by atoms with Crippen molar-refractivity contribution in [2.75, 3.05) is 18.4 Å². The lowest BCUT2D eigenvalue weighted by Gasteiger charge is -2.19. The maximum Gasteiger partial charge on any atom is 0.419 e. The first-order valence-electron chi connectivity index (χ1n) is 12.1. The lowest BCUT2D eigenvalue weighted by atomic mass is 9.98. The highest BCUT2D eigenvalue weighted by molar-refractivity contribution is 7.99. The van der Waals surface area contributed by atoms with Gasteiger partial charge in [0.2, 0.25) is 5.13 Å². The molecule has 224 valence electrons. The number of alkyl halides is 3. The molecule has 0 spiro atoms. The number of aromatic nitrogens is 4. The molecule has 1 saturated heterocycles. The molecule has 5 aromatic rings. The summed E-state index contributed by atoms with van der Waals surface area (Å²) in [6.07, 6.45) is 0.719. The van der Waals surface area contributed by atoms with E-state index in [1.165, 1.54) is 41.5 Å². The van der Waals surface area contributed by atoms with Crippen LogP contribution in [0.3, 0.4) is 0 Å². The van der Waals surface area contributed by atoms with Crippen LogP contribution in [-0.2, 0) is 6.18 Å². The minimum absolute atomic E-state index is 0. The Kier molecular flexibility index (Phi) is 12.1. The van der Waals surface area contributed by atoms with E-state index in [1.54, 1.807) is 29.8 Å². The van der Waals surface area contributed by atoms with Crippen LogP contribution in [0.4, 0.5) is 24.1 Å². The van der Waals surface area contributed by atoms with Gasteiger partial charge in [-0.05, 0) is 55.6 Å². The summed E-state index contributed by atoms with van der Waals surface area (Å²) in [5.41, 5.74) is 0.0141. The number of thiophene rings is 1. The van der Waals surface area contributed by atoms with Crippen molar-refractivity contribution in [3.63, 3.8) is 0 Å². The third-order valence-electron chi connectivity index (χ3n) is 6.15. The molecule has 0 bridgehead atoms. The summed E-state index contributed by atoms with van der Waals surface area (Å²) in [6.45, 7) is 1.83. The predicted octanol–water partition coefficient (Wildman–Crippen LogP) is 8.98. The van der Waals surface area contributed by atoms with Crippen molar-refractivity contribution >= 4 is 93.0 Å². The Bertz CT molecular complexity index is 1620. The van der Waals surface area contributed by atoms with Crippen LogP contribution in [0.15, 0.2) is 70.0 Å². The molecule has 0 aliphatic carbocycles. The largest absolute Gasteiger partial charge is 0.453 e. The van der Waals surface area contributed by atoms with Gasteiger partial charge in [-0.3, -0.25) is 4.98 Å². The first kappa shape index (κ1) is 34.1. The first-order valence-corrected chi connectivity index (χ1v) is 14.6. The number of ether oxygens (including phenoxy) is 1. The number of para-hydroxylation sites is 1. The Labute approximate surface area is 270 Å². The molecule has 1 aliphatic rings. The number of halogens is 6. The molecule has 2 N–H and O–H groups in total. The third-order valence-corrected chi connectivity index (χ3v) is 8.88. The molecule has 0 atom stereocenters. The molecule has 0 saturated carbocycles. The lowest BCUT2D eigenvalue weighted by Crippen LogP contribution is -2.27. The molecular formula is C26H24Cl3F3N6OS3. The number of pyridine rings is 2. The molecule has 0 radical (unpaired) electrons. The molecule has 1 aliphatic heterocycles. The minimum atomic E-state index is -4.57. The van der Waals surface area contributed by atoms with Gasteiger partial charge < -0.3 is 15.4 Å². The maximum atomic E-state index is 13.7. The second-order valence-electron chi connectivity index (χ2n) is 8.77. The van der Waals surface area contributed by atoms with E-state index in [-0.39, 0.29) is 60.5 Å². The minimum Gasteiger partial charge on any atom is -0.453 e. The fraction of sp³-hybridized carbons (Fsp3) is 0.231. The van der Waals surface area contributed by atoms with Gasteiger partial charge in [0.05, 0.1) is 15.8 Å². The fourth-order valence-corrected chi connectivity index (χ4v) is 6.78. The van der Waals surface area contributed by atoms with Crippen molar-refractivity contribution in [1.29, 1.82) is 0 Å². The van der Waals surface area contributed by atoms with E-state index < -0.39 is 11.7 Å². The zero-order valence-electron chi connectivity index (χ0n) is 21.5. The molecule has 4 aromatic heterocycles. The standard InChI is InChI=1S/C26H21F3N6OS3.3ClH/c27-26(28,29)17-3-1-2-4-19(17)36-20-13-16(38-21-7-11-31-18-8-12-37-22(18)21)14-32-24(20)34-25-33-23(35-39-25)15-5-9-30-10-6-15;;;/h1-4,7-8,11-15,30H,5-6,9-10H2,(H,32,33,34,35);3*1H. The molecule has 1 aromatic carbocycles. The number of benzene rings is 1. The molecular weight excluding hydrogens is 672 g/mol. The Hall–Kier alpha value is -2.39. The van der Waals surface area contributed by atoms with Gasteiger partial charge in [0, 0.05) is 45.7 Å². The van der Waals surface area contributed by atoms with Crippen molar-refractivity contribution in [3.8, 4) is 11.5 Å². The molecule has 42 heavy (non-hydrogen) atoms. The van der Waals surface area contributed by atoms with Gasteiger partial charge in [-0.15, -0.1) is 48.6 Å². The third kappa shape index (κ3) is 7.76. The highest BCUT2D eigenvalue weighted by Crippen LogP contribution is 2.42. The van der Waals surface area contributed by atoms with Crippen molar-refractivity contribution in [2.24, 2.45) is 0 Å². The Morgan fingerprint density at radius 3 is 2.57 bits per heavy atom. The van der Waals surface area contributed by atoms with Crippen LogP contribution in [0.5, 0.6) is 11.5 Å². The zero-order chi connectivity index (χ0) is 26.8. The average Bonchev–Trinajstić information content (AvgIpc) is 3.61. The van der Waals surface area contributed by atoms with E-state index in [1.807, 2.05) is 17.5 Å². The summed E-state index contributed by atoms with van der Waals surface area (Å²) < 4.78 is 52.6. The number of piperidine rings is 1. The maximum absolute atomic E-state index is 13.7. The summed E-state index contributed by atoms with van der Waals surface area (Å²) in [5, 5.41) is 8.92. The highest BCUT2D eigenvalue weighted by atomic mass is 35.5. The first-order chi connectivity index (χ1) is 18.9. The van der Waals surface area contributed by atoms with Crippen LogP contribution < -0.4 is 15.4 Å². The normalized spacial score (nSPS) is 13.5. The smallest absolute Gasteiger partial charge is 0.419 e.